The van der Waals surface area contributed by atoms with Crippen molar-refractivity contribution in [3.8, 4) is 0 Å². The lowest BCUT2D eigenvalue weighted by Crippen LogP contribution is -2.35. The molecule has 0 fully saturated rings. The molecule has 9 nitrogen and oxygen atoms in total. The number of nitrogens with one attached hydrogen (secondary N) is 1. The van der Waals surface area contributed by atoms with Crippen LogP contribution in [-0.4, -0.2) is 40.5 Å². The molecular weight excluding hydrogens is 276 g/mol. The van der Waals surface area contributed by atoms with E-state index in [0.717, 1.165) is 11.8 Å². The Kier molecular flexibility index (Phi) is 5.79. The van der Waals surface area contributed by atoms with Crippen LogP contribution < -0.4 is 11.1 Å². The normalized spacial score (nSPS) is 9.95. The summed E-state index contributed by atoms with van der Waals surface area (Å²) >= 11 is 1.07. The summed E-state index contributed by atoms with van der Waals surface area (Å²) in [7, 11) is 0. The lowest BCUT2D eigenvalue weighted by molar-refractivity contribution is -0.119. The number of urea groups is 1. The number of hydrogen-bond donors (Lipinski definition) is 2. The van der Waals surface area contributed by atoms with Gasteiger partial charge in [-0.3, -0.25) is 10.1 Å². The van der Waals surface area contributed by atoms with Crippen molar-refractivity contribution in [2.45, 2.75) is 18.6 Å². The Morgan fingerprint density at radius 2 is 2.16 bits per heavy atom. The average Bonchev–Trinajstić information content (AvgIpc) is 2.77. The van der Waals surface area contributed by atoms with Gasteiger partial charge in [0.1, 0.15) is 0 Å². The Morgan fingerprint density at radius 3 is 2.79 bits per heavy atom. The fourth-order valence-electron chi connectivity index (χ4n) is 0.974. The quantitative estimate of drug-likeness (QED) is 0.547. The van der Waals surface area contributed by atoms with Crippen LogP contribution in [0.2, 0.25) is 0 Å². The minimum absolute atomic E-state index is 0.0464. The molecule has 0 spiro atoms. The highest BCUT2D eigenvalue weighted by Gasteiger charge is 2.16. The average molecular weight is 288 g/mol. The van der Waals surface area contributed by atoms with Crippen molar-refractivity contribution in [1.82, 2.24) is 15.5 Å². The molecule has 3 N–H and O–H groups in total. The van der Waals surface area contributed by atoms with Gasteiger partial charge in [-0.15, -0.1) is 5.10 Å². The number of amides is 3. The largest absolute Gasteiger partial charge is 0.459 e. The monoisotopic (exact) mass is 288 g/mol. The number of nitrogens with two attached hydrogens (primary N) is 1. The summed E-state index contributed by atoms with van der Waals surface area (Å²) in [5.74, 6) is -1.16. The summed E-state index contributed by atoms with van der Waals surface area (Å²) < 4.78 is 9.67. The van der Waals surface area contributed by atoms with Crippen LogP contribution in [0, 0.1) is 0 Å². The highest BCUT2D eigenvalue weighted by Crippen LogP contribution is 2.17. The van der Waals surface area contributed by atoms with Gasteiger partial charge in [0, 0.05) is 12.2 Å². The third-order valence-corrected chi connectivity index (χ3v) is 2.49. The second kappa shape index (κ2) is 7.36. The second-order valence-electron chi connectivity index (χ2n) is 3.10. The zero-order chi connectivity index (χ0) is 14.3. The molecule has 1 aromatic heterocycles. The van der Waals surface area contributed by atoms with E-state index in [1.54, 1.807) is 6.92 Å². The Hall–Kier alpha value is -2.10. The number of imide groups is 1. The Bertz CT molecular complexity index is 475. The molecule has 0 aliphatic carbocycles. The standard InChI is InChI=1S/C9H12N4O5S/c1-2-17-7(15)6-12-13-9(18-6)19-4-3-5(14)11-8(10)16/h2-4H2,1H3,(H3,10,11,14,16). The third kappa shape index (κ3) is 5.38. The van der Waals surface area contributed by atoms with E-state index in [-0.39, 0.29) is 24.1 Å². The predicted octanol–water partition coefficient (Wildman–Crippen LogP) is -0.0766. The van der Waals surface area contributed by atoms with E-state index in [4.69, 9.17) is 10.2 Å². The first-order valence-corrected chi connectivity index (χ1v) is 6.24. The SMILES string of the molecule is CCOC(=O)c1nnc(SCCC(=O)NC(N)=O)o1. The van der Waals surface area contributed by atoms with Crippen molar-refractivity contribution in [2.24, 2.45) is 5.73 Å². The van der Waals surface area contributed by atoms with Crippen LogP contribution in [0.1, 0.15) is 24.0 Å². The molecule has 0 aliphatic rings. The van der Waals surface area contributed by atoms with E-state index in [9.17, 15) is 14.4 Å². The van der Waals surface area contributed by atoms with Crippen LogP contribution >= 0.6 is 11.8 Å². The molecule has 1 aromatic rings. The van der Waals surface area contributed by atoms with Gasteiger partial charge in [-0.25, -0.2) is 9.59 Å². The number of esters is 1. The van der Waals surface area contributed by atoms with E-state index >= 15 is 0 Å². The van der Waals surface area contributed by atoms with Gasteiger partial charge in [-0.05, 0) is 6.92 Å². The van der Waals surface area contributed by atoms with E-state index in [1.807, 2.05) is 5.32 Å². The molecular formula is C9H12N4O5S. The summed E-state index contributed by atoms with van der Waals surface area (Å²) in [5.41, 5.74) is 4.77. The smallest absolute Gasteiger partial charge is 0.396 e. The molecule has 104 valence electrons. The van der Waals surface area contributed by atoms with Gasteiger partial charge >= 0.3 is 17.9 Å². The van der Waals surface area contributed by atoms with Gasteiger partial charge in [0.05, 0.1) is 6.61 Å². The summed E-state index contributed by atoms with van der Waals surface area (Å²) in [6.07, 6.45) is 0.0464. The molecule has 3 amide bonds. The molecule has 0 bridgehead atoms. The van der Waals surface area contributed by atoms with Crippen LogP contribution in [-0.2, 0) is 9.53 Å². The summed E-state index contributed by atoms with van der Waals surface area (Å²) in [5, 5.41) is 9.14. The molecule has 0 saturated heterocycles. The highest BCUT2D eigenvalue weighted by molar-refractivity contribution is 7.99. The second-order valence-corrected chi connectivity index (χ2v) is 4.15. The summed E-state index contributed by atoms with van der Waals surface area (Å²) in [6.45, 7) is 1.86. The number of rotatable bonds is 6. The molecule has 1 heterocycles. The van der Waals surface area contributed by atoms with Crippen LogP contribution in [0.3, 0.4) is 0 Å². The fraction of sp³-hybridized carbons (Fsp3) is 0.444. The summed E-state index contributed by atoms with van der Waals surface area (Å²) in [4.78, 5) is 32.7. The third-order valence-electron chi connectivity index (χ3n) is 1.67. The van der Waals surface area contributed by atoms with Gasteiger partial charge in [-0.1, -0.05) is 16.9 Å². The van der Waals surface area contributed by atoms with Gasteiger partial charge in [0.15, 0.2) is 0 Å². The van der Waals surface area contributed by atoms with Gasteiger partial charge in [0.2, 0.25) is 5.91 Å². The first-order valence-electron chi connectivity index (χ1n) is 5.25. The van der Waals surface area contributed by atoms with E-state index in [1.165, 1.54) is 0 Å². The maximum Gasteiger partial charge on any atom is 0.396 e. The van der Waals surface area contributed by atoms with Crippen molar-refractivity contribution in [3.05, 3.63) is 5.89 Å². The maximum atomic E-state index is 11.2. The highest BCUT2D eigenvalue weighted by atomic mass is 32.2. The van der Waals surface area contributed by atoms with Crippen molar-refractivity contribution >= 4 is 29.7 Å². The van der Waals surface area contributed by atoms with E-state index < -0.39 is 17.9 Å². The zero-order valence-electron chi connectivity index (χ0n) is 10.0. The lowest BCUT2D eigenvalue weighted by Gasteiger charge is -1.98. The molecule has 0 saturated carbocycles. The lowest BCUT2D eigenvalue weighted by atomic mass is 10.4. The topological polar surface area (TPSA) is 137 Å². The van der Waals surface area contributed by atoms with Crippen molar-refractivity contribution in [3.63, 3.8) is 0 Å². The van der Waals surface area contributed by atoms with Gasteiger partial charge in [0.25, 0.3) is 5.22 Å². The molecule has 1 rings (SSSR count). The first kappa shape index (κ1) is 15.0. The van der Waals surface area contributed by atoms with Crippen LogP contribution in [0.25, 0.3) is 0 Å². The minimum Gasteiger partial charge on any atom is -0.459 e. The van der Waals surface area contributed by atoms with Gasteiger partial charge < -0.3 is 14.9 Å². The van der Waals surface area contributed by atoms with E-state index in [0.29, 0.717) is 5.75 Å². The predicted molar refractivity (Wildman–Crippen MR) is 63.3 cm³/mol. The number of carbonyl (C=O) groups excluding carboxylic acids is 3. The number of ether oxygens (including phenoxy) is 1. The molecule has 0 atom stereocenters. The van der Waals surface area contributed by atoms with Crippen molar-refractivity contribution < 1.29 is 23.5 Å². The van der Waals surface area contributed by atoms with E-state index in [2.05, 4.69) is 14.9 Å². The number of carbonyl (C=O) groups is 3. The number of primary amides is 1. The first-order chi connectivity index (χ1) is 9.02. The number of hydrogen-bond acceptors (Lipinski definition) is 8. The molecule has 0 radical (unpaired) electrons. The van der Waals surface area contributed by atoms with Crippen molar-refractivity contribution in [2.75, 3.05) is 12.4 Å². The van der Waals surface area contributed by atoms with Crippen LogP contribution in [0.5, 0.6) is 0 Å². The zero-order valence-corrected chi connectivity index (χ0v) is 10.9. The number of thioether (sulfide) groups is 1. The Morgan fingerprint density at radius 1 is 1.42 bits per heavy atom. The molecule has 19 heavy (non-hydrogen) atoms. The molecule has 0 unspecified atom stereocenters. The summed E-state index contributed by atoms with van der Waals surface area (Å²) in [6, 6.07) is -0.905. The fourth-order valence-corrected chi connectivity index (χ4v) is 1.67. The van der Waals surface area contributed by atoms with Crippen molar-refractivity contribution in [1.29, 1.82) is 0 Å². The Balaban J connectivity index is 2.36. The Labute approximate surface area is 112 Å². The minimum atomic E-state index is -0.905. The molecule has 0 aromatic carbocycles. The van der Waals surface area contributed by atoms with Crippen LogP contribution in [0.15, 0.2) is 9.64 Å². The van der Waals surface area contributed by atoms with Crippen LogP contribution in [0.4, 0.5) is 4.79 Å². The van der Waals surface area contributed by atoms with Gasteiger partial charge in [-0.2, -0.15) is 0 Å². The molecule has 10 heteroatoms. The maximum absolute atomic E-state index is 11.2. The molecule has 0 aliphatic heterocycles. The number of aromatic nitrogens is 2. The number of nitrogens with zero attached hydrogens (tertiary/aromatic N) is 2.